The average molecular weight is 491 g/mol. The number of urea groups is 1. The first-order chi connectivity index (χ1) is 15.8. The summed E-state index contributed by atoms with van der Waals surface area (Å²) in [4.78, 5) is 38.9. The molecular formula is C24H24Cl2N2O5. The van der Waals surface area contributed by atoms with E-state index < -0.39 is 12.0 Å². The van der Waals surface area contributed by atoms with E-state index in [9.17, 15) is 14.4 Å². The standard InChI is InChI=1S/C24H24Cl2N2O5/c1-4-28-20(13-33-17-9-6-15(7-10-17)14(3)29)21(23(30)32-5-2)22(27-24(28)31)16-8-11-18(25)19(26)12-16/h6-12,22H,4-5,13H2,1-3H3,(H,27,31)/t22-/m0/s1. The number of nitrogens with one attached hydrogen (secondary N) is 1. The van der Waals surface area contributed by atoms with Gasteiger partial charge in [0.05, 0.1) is 34.0 Å². The lowest BCUT2D eigenvalue weighted by molar-refractivity contribution is -0.139. The molecule has 0 fully saturated rings. The van der Waals surface area contributed by atoms with Crippen LogP contribution in [0.25, 0.3) is 0 Å². The van der Waals surface area contributed by atoms with Gasteiger partial charge in [0.15, 0.2) is 5.78 Å². The maximum Gasteiger partial charge on any atom is 0.338 e. The van der Waals surface area contributed by atoms with Crippen LogP contribution in [0, 0.1) is 0 Å². The molecule has 0 saturated heterocycles. The van der Waals surface area contributed by atoms with Crippen LogP contribution in [0.3, 0.4) is 0 Å². The first-order valence-electron chi connectivity index (χ1n) is 10.4. The second-order valence-electron chi connectivity index (χ2n) is 7.25. The molecule has 174 valence electrons. The maximum absolute atomic E-state index is 13.0. The third-order valence-electron chi connectivity index (χ3n) is 5.16. The zero-order valence-corrected chi connectivity index (χ0v) is 20.0. The number of nitrogens with zero attached hydrogens (tertiary/aromatic N) is 1. The van der Waals surface area contributed by atoms with E-state index >= 15 is 0 Å². The number of hydrogen-bond donors (Lipinski definition) is 1. The van der Waals surface area contributed by atoms with Gasteiger partial charge in [0.25, 0.3) is 0 Å². The van der Waals surface area contributed by atoms with Crippen molar-refractivity contribution in [1.82, 2.24) is 10.2 Å². The molecular weight excluding hydrogens is 467 g/mol. The summed E-state index contributed by atoms with van der Waals surface area (Å²) in [5.74, 6) is -0.138. The van der Waals surface area contributed by atoms with Crippen molar-refractivity contribution < 1.29 is 23.9 Å². The number of ketones is 1. The van der Waals surface area contributed by atoms with Crippen LogP contribution < -0.4 is 10.1 Å². The molecule has 1 heterocycles. The third kappa shape index (κ3) is 5.49. The average Bonchev–Trinajstić information content (AvgIpc) is 2.79. The lowest BCUT2D eigenvalue weighted by atomic mass is 9.94. The molecule has 2 aromatic carbocycles. The molecule has 1 atom stereocenters. The monoisotopic (exact) mass is 490 g/mol. The minimum absolute atomic E-state index is 0.0561. The highest BCUT2D eigenvalue weighted by Crippen LogP contribution is 2.34. The second-order valence-corrected chi connectivity index (χ2v) is 8.06. The largest absolute Gasteiger partial charge is 0.487 e. The number of Topliss-reactive ketones (excluding diaryl/α,β-unsaturated/α-hetero) is 1. The summed E-state index contributed by atoms with van der Waals surface area (Å²) < 4.78 is 11.2. The maximum atomic E-state index is 13.0. The van der Waals surface area contributed by atoms with Crippen LogP contribution in [0.15, 0.2) is 53.7 Å². The Morgan fingerprint density at radius 3 is 2.33 bits per heavy atom. The molecule has 9 heteroatoms. The van der Waals surface area contributed by atoms with Gasteiger partial charge in [-0.1, -0.05) is 29.3 Å². The Balaban J connectivity index is 2.04. The number of amides is 2. The van der Waals surface area contributed by atoms with Crippen LogP contribution >= 0.6 is 23.2 Å². The highest BCUT2D eigenvalue weighted by molar-refractivity contribution is 6.42. The Hall–Kier alpha value is -3.03. The van der Waals surface area contributed by atoms with Crippen LogP contribution in [0.4, 0.5) is 4.79 Å². The summed E-state index contributed by atoms with van der Waals surface area (Å²) in [6.07, 6.45) is 0. The molecule has 0 bridgehead atoms. The molecule has 2 amide bonds. The molecule has 3 rings (SSSR count). The number of benzene rings is 2. The van der Waals surface area contributed by atoms with Crippen molar-refractivity contribution >= 4 is 41.0 Å². The number of likely N-dealkylation sites (N-methyl/N-ethyl adjacent to an activating group) is 1. The number of carbonyl (C=O) groups is 3. The van der Waals surface area contributed by atoms with Crippen molar-refractivity contribution in [2.24, 2.45) is 0 Å². The summed E-state index contributed by atoms with van der Waals surface area (Å²) in [5.41, 5.74) is 1.77. The fourth-order valence-electron chi connectivity index (χ4n) is 3.52. The Morgan fingerprint density at radius 1 is 1.06 bits per heavy atom. The number of halogens is 2. The lowest BCUT2D eigenvalue weighted by Crippen LogP contribution is -2.49. The molecule has 2 aromatic rings. The van der Waals surface area contributed by atoms with Crippen LogP contribution in [0.2, 0.25) is 10.0 Å². The minimum atomic E-state index is -0.798. The van der Waals surface area contributed by atoms with Gasteiger partial charge >= 0.3 is 12.0 Å². The molecule has 0 unspecified atom stereocenters. The summed E-state index contributed by atoms with van der Waals surface area (Å²) >= 11 is 12.2. The second kappa shape index (κ2) is 10.7. The van der Waals surface area contributed by atoms with Crippen LogP contribution in [-0.4, -0.2) is 42.4 Å². The predicted molar refractivity (Wildman–Crippen MR) is 126 cm³/mol. The molecule has 1 aliphatic rings. The molecule has 0 saturated carbocycles. The van der Waals surface area contributed by atoms with Crippen molar-refractivity contribution in [2.75, 3.05) is 19.8 Å². The molecule has 0 aliphatic carbocycles. The van der Waals surface area contributed by atoms with E-state index in [1.807, 2.05) is 0 Å². The van der Waals surface area contributed by atoms with Gasteiger partial charge in [-0.15, -0.1) is 0 Å². The molecule has 1 N–H and O–H groups in total. The van der Waals surface area contributed by atoms with Gasteiger partial charge in [-0.2, -0.15) is 0 Å². The van der Waals surface area contributed by atoms with Gasteiger partial charge in [-0.25, -0.2) is 9.59 Å². The zero-order valence-electron chi connectivity index (χ0n) is 18.5. The number of hydrogen-bond acceptors (Lipinski definition) is 5. The van der Waals surface area contributed by atoms with Crippen molar-refractivity contribution in [3.8, 4) is 5.75 Å². The minimum Gasteiger partial charge on any atom is -0.487 e. The third-order valence-corrected chi connectivity index (χ3v) is 5.90. The topological polar surface area (TPSA) is 84.9 Å². The Bertz CT molecular complexity index is 1100. The van der Waals surface area contributed by atoms with Crippen LogP contribution in [0.5, 0.6) is 5.75 Å². The van der Waals surface area contributed by atoms with E-state index in [-0.39, 0.29) is 30.6 Å². The van der Waals surface area contributed by atoms with Gasteiger partial charge in [0.2, 0.25) is 0 Å². The van der Waals surface area contributed by atoms with Crippen molar-refractivity contribution in [3.05, 3.63) is 74.9 Å². The van der Waals surface area contributed by atoms with Crippen LogP contribution in [0.1, 0.15) is 42.7 Å². The van der Waals surface area contributed by atoms with Crippen molar-refractivity contribution in [3.63, 3.8) is 0 Å². The van der Waals surface area contributed by atoms with Gasteiger partial charge in [0.1, 0.15) is 12.4 Å². The number of rotatable bonds is 8. The van der Waals surface area contributed by atoms with E-state index in [0.717, 1.165) is 0 Å². The first-order valence-corrected chi connectivity index (χ1v) is 11.2. The molecule has 33 heavy (non-hydrogen) atoms. The van der Waals surface area contributed by atoms with Crippen LogP contribution in [-0.2, 0) is 9.53 Å². The van der Waals surface area contributed by atoms with Gasteiger partial charge in [-0.3, -0.25) is 9.69 Å². The summed E-state index contributed by atoms with van der Waals surface area (Å²) in [5, 5.41) is 3.51. The van der Waals surface area contributed by atoms with Crippen molar-refractivity contribution in [1.29, 1.82) is 0 Å². The highest BCUT2D eigenvalue weighted by atomic mass is 35.5. The lowest BCUT2D eigenvalue weighted by Gasteiger charge is -2.36. The van der Waals surface area contributed by atoms with E-state index in [1.54, 1.807) is 56.3 Å². The van der Waals surface area contributed by atoms with E-state index in [4.69, 9.17) is 32.7 Å². The quantitative estimate of drug-likeness (QED) is 0.407. The van der Waals surface area contributed by atoms with Crippen molar-refractivity contribution in [2.45, 2.75) is 26.8 Å². The Kier molecular flexibility index (Phi) is 8.00. The normalized spacial score (nSPS) is 15.8. The predicted octanol–water partition coefficient (Wildman–Crippen LogP) is 5.18. The molecule has 0 spiro atoms. The molecule has 1 aliphatic heterocycles. The molecule has 0 aromatic heterocycles. The Labute approximate surface area is 202 Å². The summed E-state index contributed by atoms with van der Waals surface area (Å²) in [6.45, 7) is 5.39. The number of carbonyl (C=O) groups excluding carboxylic acids is 3. The smallest absolute Gasteiger partial charge is 0.338 e. The fraction of sp³-hybridized carbons (Fsp3) is 0.292. The van der Waals surface area contributed by atoms with E-state index in [1.165, 1.54) is 11.8 Å². The van der Waals surface area contributed by atoms with Gasteiger partial charge in [-0.05, 0) is 62.7 Å². The highest BCUT2D eigenvalue weighted by Gasteiger charge is 2.38. The SMILES string of the molecule is CCOC(=O)C1=C(COc2ccc(C(C)=O)cc2)N(CC)C(=O)N[C@H]1c1ccc(Cl)c(Cl)c1. The number of ether oxygens (including phenoxy) is 2. The van der Waals surface area contributed by atoms with E-state index in [0.29, 0.717) is 39.2 Å². The summed E-state index contributed by atoms with van der Waals surface area (Å²) in [7, 11) is 0. The molecule has 7 nitrogen and oxygen atoms in total. The Morgan fingerprint density at radius 2 is 1.76 bits per heavy atom. The summed E-state index contributed by atoms with van der Waals surface area (Å²) in [6, 6.07) is 10.4. The molecule has 0 radical (unpaired) electrons. The van der Waals surface area contributed by atoms with Gasteiger partial charge < -0.3 is 14.8 Å². The fourth-order valence-corrected chi connectivity index (χ4v) is 3.83. The zero-order chi connectivity index (χ0) is 24.1. The van der Waals surface area contributed by atoms with E-state index in [2.05, 4.69) is 5.32 Å². The first kappa shape index (κ1) is 24.6. The van der Waals surface area contributed by atoms with Gasteiger partial charge in [0, 0.05) is 12.1 Å². The number of esters is 1.